The van der Waals surface area contributed by atoms with Crippen molar-refractivity contribution in [3.63, 3.8) is 0 Å². The second-order valence-electron chi connectivity index (χ2n) is 4.55. The molecule has 0 spiro atoms. The Kier molecular flexibility index (Phi) is 4.84. The highest BCUT2D eigenvalue weighted by molar-refractivity contribution is 9.10. The van der Waals surface area contributed by atoms with Crippen LogP contribution in [-0.2, 0) is 16.6 Å². The van der Waals surface area contributed by atoms with Gasteiger partial charge in [-0.25, -0.2) is 12.8 Å². The van der Waals surface area contributed by atoms with Crippen molar-refractivity contribution >= 4 is 37.3 Å². The van der Waals surface area contributed by atoms with E-state index in [1.165, 1.54) is 6.07 Å². The number of nitrogens with one attached hydrogen (secondary N) is 2. The van der Waals surface area contributed by atoms with Gasteiger partial charge in [0, 0.05) is 17.9 Å². The van der Waals surface area contributed by atoms with Gasteiger partial charge in [0.1, 0.15) is 5.82 Å². The van der Waals surface area contributed by atoms with Gasteiger partial charge in [0.2, 0.25) is 10.0 Å². The Balaban J connectivity index is 1.99. The smallest absolute Gasteiger partial charge is 0.229 e. The zero-order chi connectivity index (χ0) is 15.5. The molecule has 2 N–H and O–H groups in total. The van der Waals surface area contributed by atoms with Crippen LogP contribution >= 0.6 is 15.9 Å². The van der Waals surface area contributed by atoms with Crippen LogP contribution in [0.4, 0.5) is 15.8 Å². The zero-order valence-corrected chi connectivity index (χ0v) is 13.6. The fourth-order valence-electron chi connectivity index (χ4n) is 1.72. The van der Waals surface area contributed by atoms with Gasteiger partial charge in [-0.1, -0.05) is 6.07 Å². The Morgan fingerprint density at radius 2 is 1.71 bits per heavy atom. The highest BCUT2D eigenvalue weighted by Crippen LogP contribution is 2.19. The minimum atomic E-state index is -3.27. The number of halogens is 2. The number of hydrogen-bond donors (Lipinski definition) is 2. The molecule has 7 heteroatoms. The van der Waals surface area contributed by atoms with Crippen molar-refractivity contribution in [3.05, 3.63) is 58.3 Å². The van der Waals surface area contributed by atoms with Gasteiger partial charge in [-0.15, -0.1) is 0 Å². The topological polar surface area (TPSA) is 58.2 Å². The highest BCUT2D eigenvalue weighted by atomic mass is 79.9. The van der Waals surface area contributed by atoms with Crippen molar-refractivity contribution in [2.45, 2.75) is 6.54 Å². The second kappa shape index (κ2) is 6.44. The highest BCUT2D eigenvalue weighted by Gasteiger charge is 2.03. The molecule has 0 amide bonds. The summed E-state index contributed by atoms with van der Waals surface area (Å²) in [7, 11) is -3.27. The zero-order valence-electron chi connectivity index (χ0n) is 11.2. The van der Waals surface area contributed by atoms with Crippen LogP contribution in [-0.4, -0.2) is 14.7 Å². The standard InChI is InChI=1S/C14H14BrFN2O2S/c1-21(19,20)18-12-5-3-11(4-6-12)17-9-10-2-7-14(16)13(15)8-10/h2-8,17-18H,9H2,1H3. The van der Waals surface area contributed by atoms with Gasteiger partial charge in [0.05, 0.1) is 10.7 Å². The van der Waals surface area contributed by atoms with Crippen LogP contribution in [0.15, 0.2) is 46.9 Å². The molecule has 2 aromatic rings. The number of benzene rings is 2. The lowest BCUT2D eigenvalue weighted by Crippen LogP contribution is -2.09. The van der Waals surface area contributed by atoms with Crippen molar-refractivity contribution in [2.24, 2.45) is 0 Å². The molecule has 0 heterocycles. The first-order valence-electron chi connectivity index (χ1n) is 6.09. The summed E-state index contributed by atoms with van der Waals surface area (Å²) >= 11 is 3.14. The van der Waals surface area contributed by atoms with E-state index >= 15 is 0 Å². The maximum absolute atomic E-state index is 13.1. The fourth-order valence-corrected chi connectivity index (χ4v) is 2.71. The first-order valence-corrected chi connectivity index (χ1v) is 8.77. The summed E-state index contributed by atoms with van der Waals surface area (Å²) in [5, 5.41) is 3.18. The predicted octanol–water partition coefficient (Wildman–Crippen LogP) is 3.57. The summed E-state index contributed by atoms with van der Waals surface area (Å²) in [6.45, 7) is 0.539. The van der Waals surface area contributed by atoms with Crippen LogP contribution in [0.25, 0.3) is 0 Å². The Morgan fingerprint density at radius 3 is 2.29 bits per heavy atom. The Labute approximate surface area is 131 Å². The molecule has 0 fully saturated rings. The van der Waals surface area contributed by atoms with Crippen molar-refractivity contribution < 1.29 is 12.8 Å². The van der Waals surface area contributed by atoms with Crippen LogP contribution < -0.4 is 10.0 Å². The van der Waals surface area contributed by atoms with E-state index in [1.54, 1.807) is 36.4 Å². The number of sulfonamides is 1. The van der Waals surface area contributed by atoms with E-state index in [0.717, 1.165) is 17.5 Å². The summed E-state index contributed by atoms with van der Waals surface area (Å²) in [5.74, 6) is -0.296. The first kappa shape index (κ1) is 15.8. The van der Waals surface area contributed by atoms with E-state index < -0.39 is 10.0 Å². The molecule has 0 bridgehead atoms. The molecule has 0 aliphatic heterocycles. The molecule has 2 rings (SSSR count). The predicted molar refractivity (Wildman–Crippen MR) is 86.3 cm³/mol. The molecule has 4 nitrogen and oxygen atoms in total. The molecule has 0 aliphatic rings. The summed E-state index contributed by atoms with van der Waals surface area (Å²) in [6, 6.07) is 11.7. The van der Waals surface area contributed by atoms with E-state index in [1.807, 2.05) is 0 Å². The average Bonchev–Trinajstić information content (AvgIpc) is 2.40. The lowest BCUT2D eigenvalue weighted by atomic mass is 10.2. The van der Waals surface area contributed by atoms with Crippen molar-refractivity contribution in [2.75, 3.05) is 16.3 Å². The molecule has 0 saturated heterocycles. The fraction of sp³-hybridized carbons (Fsp3) is 0.143. The minimum absolute atomic E-state index is 0.296. The van der Waals surface area contributed by atoms with Crippen molar-refractivity contribution in [3.8, 4) is 0 Å². The molecule has 0 radical (unpaired) electrons. The number of anilines is 2. The lowest BCUT2D eigenvalue weighted by molar-refractivity contribution is 0.607. The minimum Gasteiger partial charge on any atom is -0.381 e. The molecule has 0 aromatic heterocycles. The maximum Gasteiger partial charge on any atom is 0.229 e. The Hall–Kier alpha value is -1.60. The summed E-state index contributed by atoms with van der Waals surface area (Å²) in [4.78, 5) is 0. The Bertz CT molecular complexity index is 733. The van der Waals surface area contributed by atoms with Crippen LogP contribution in [0.3, 0.4) is 0 Å². The quantitative estimate of drug-likeness (QED) is 0.843. The van der Waals surface area contributed by atoms with E-state index in [-0.39, 0.29) is 5.82 Å². The van der Waals surface area contributed by atoms with Gasteiger partial charge in [-0.2, -0.15) is 0 Å². The SMILES string of the molecule is CS(=O)(=O)Nc1ccc(NCc2ccc(F)c(Br)c2)cc1. The maximum atomic E-state index is 13.1. The molecule has 0 atom stereocenters. The third kappa shape index (κ3) is 5.02. The molecular formula is C14H14BrFN2O2S. The van der Waals surface area contributed by atoms with Crippen molar-refractivity contribution in [1.29, 1.82) is 0 Å². The lowest BCUT2D eigenvalue weighted by Gasteiger charge is -2.09. The molecule has 0 unspecified atom stereocenters. The summed E-state index contributed by atoms with van der Waals surface area (Å²) in [6.07, 6.45) is 1.10. The molecule has 0 saturated carbocycles. The monoisotopic (exact) mass is 372 g/mol. The number of rotatable bonds is 5. The van der Waals surface area contributed by atoms with Crippen LogP contribution in [0.2, 0.25) is 0 Å². The van der Waals surface area contributed by atoms with Gasteiger partial charge < -0.3 is 5.32 Å². The van der Waals surface area contributed by atoms with E-state index in [2.05, 4.69) is 26.0 Å². The van der Waals surface area contributed by atoms with Crippen LogP contribution in [0.1, 0.15) is 5.56 Å². The van der Waals surface area contributed by atoms with E-state index in [9.17, 15) is 12.8 Å². The van der Waals surface area contributed by atoms with Crippen LogP contribution in [0, 0.1) is 5.82 Å². The molecule has 112 valence electrons. The molecule has 0 aliphatic carbocycles. The first-order chi connectivity index (χ1) is 9.83. The van der Waals surface area contributed by atoms with E-state index in [4.69, 9.17) is 0 Å². The van der Waals surface area contributed by atoms with Gasteiger partial charge in [0.15, 0.2) is 0 Å². The largest absolute Gasteiger partial charge is 0.381 e. The van der Waals surface area contributed by atoms with Crippen molar-refractivity contribution in [1.82, 2.24) is 0 Å². The average molecular weight is 373 g/mol. The van der Waals surface area contributed by atoms with E-state index in [0.29, 0.717) is 16.7 Å². The van der Waals surface area contributed by atoms with Crippen LogP contribution in [0.5, 0.6) is 0 Å². The third-order valence-corrected chi connectivity index (χ3v) is 3.88. The van der Waals surface area contributed by atoms with Gasteiger partial charge in [0.25, 0.3) is 0 Å². The van der Waals surface area contributed by atoms with Gasteiger partial charge >= 0.3 is 0 Å². The molecular weight excluding hydrogens is 359 g/mol. The summed E-state index contributed by atoms with van der Waals surface area (Å²) in [5.41, 5.74) is 2.28. The Morgan fingerprint density at radius 1 is 1.10 bits per heavy atom. The second-order valence-corrected chi connectivity index (χ2v) is 7.16. The summed E-state index contributed by atoms with van der Waals surface area (Å²) < 4.78 is 38.1. The van der Waals surface area contributed by atoms with Gasteiger partial charge in [-0.3, -0.25) is 4.72 Å². The molecule has 21 heavy (non-hydrogen) atoms. The number of hydrogen-bond acceptors (Lipinski definition) is 3. The normalized spacial score (nSPS) is 11.2. The third-order valence-electron chi connectivity index (χ3n) is 2.67. The molecule has 2 aromatic carbocycles. The van der Waals surface area contributed by atoms with Gasteiger partial charge in [-0.05, 0) is 57.9 Å².